The zero-order valence-electron chi connectivity index (χ0n) is 15.6. The van der Waals surface area contributed by atoms with Crippen LogP contribution in [0.15, 0.2) is 24.3 Å². The molecule has 1 aromatic heterocycles. The number of alkyl halides is 2. The first-order chi connectivity index (χ1) is 13.3. The van der Waals surface area contributed by atoms with Crippen molar-refractivity contribution in [2.75, 3.05) is 5.32 Å². The van der Waals surface area contributed by atoms with Crippen LogP contribution in [0.4, 0.5) is 23.8 Å². The molecule has 0 bridgehead atoms. The highest BCUT2D eigenvalue weighted by atomic mass is 19.3. The average Bonchev–Trinajstić information content (AvgIpc) is 3.06. The minimum absolute atomic E-state index is 0.205. The number of aryl methyl sites for hydroxylation is 1. The predicted octanol–water partition coefficient (Wildman–Crippen LogP) is 4.80. The smallest absolute Gasteiger partial charge is 0.320 e. The number of anilines is 1. The first-order valence-electron chi connectivity index (χ1n) is 9.60. The molecule has 2 fully saturated rings. The molecule has 2 N–H and O–H groups in total. The molecule has 2 amide bonds. The Labute approximate surface area is 161 Å². The lowest BCUT2D eigenvalue weighted by Gasteiger charge is -2.27. The molecule has 4 rings (SSSR count). The second-order valence-corrected chi connectivity index (χ2v) is 7.76. The lowest BCUT2D eigenvalue weighted by atomic mass is 9.79. The normalized spacial score (nSPS) is 21.4. The van der Waals surface area contributed by atoms with E-state index < -0.39 is 18.0 Å². The monoisotopic (exact) mass is 392 g/mol. The first kappa shape index (κ1) is 18.8. The number of hydrogen-bond donors (Lipinski definition) is 2. The number of halogens is 3. The molecule has 0 radical (unpaired) electrons. The van der Waals surface area contributed by atoms with E-state index in [2.05, 4.69) is 15.7 Å². The van der Waals surface area contributed by atoms with Crippen LogP contribution in [0.25, 0.3) is 11.3 Å². The maximum Gasteiger partial charge on any atom is 0.320 e. The molecule has 1 heterocycles. The van der Waals surface area contributed by atoms with Gasteiger partial charge in [0, 0.05) is 37.1 Å². The van der Waals surface area contributed by atoms with Gasteiger partial charge in [0.2, 0.25) is 5.92 Å². The minimum Gasteiger partial charge on any atom is -0.335 e. The number of carbonyl (C=O) groups is 1. The summed E-state index contributed by atoms with van der Waals surface area (Å²) in [5.74, 6) is -2.33. The zero-order chi connectivity index (χ0) is 19.9. The van der Waals surface area contributed by atoms with Crippen LogP contribution in [-0.2, 0) is 7.05 Å². The molecule has 2 aliphatic rings. The van der Waals surface area contributed by atoms with Gasteiger partial charge in [-0.05, 0) is 49.4 Å². The number of nitrogens with zero attached hydrogens (tertiary/aromatic N) is 2. The van der Waals surface area contributed by atoms with Gasteiger partial charge in [-0.15, -0.1) is 0 Å². The Morgan fingerprint density at radius 2 is 1.93 bits per heavy atom. The van der Waals surface area contributed by atoms with Gasteiger partial charge in [-0.25, -0.2) is 18.0 Å². The molecule has 1 aromatic carbocycles. The number of hydrogen-bond acceptors (Lipinski definition) is 2. The fourth-order valence-electron chi connectivity index (χ4n) is 4.07. The van der Waals surface area contributed by atoms with Gasteiger partial charge < -0.3 is 5.32 Å². The average molecular weight is 392 g/mol. The SMILES string of the molecule is Cn1nc(NC(=O)N[C@H]2CCC(F)(F)C2)c(C2CCC2)c1-c1ccc(F)cc1. The van der Waals surface area contributed by atoms with Crippen LogP contribution in [0.1, 0.15) is 50.0 Å². The van der Waals surface area contributed by atoms with Gasteiger partial charge in [0.1, 0.15) is 5.82 Å². The molecule has 28 heavy (non-hydrogen) atoms. The molecule has 0 aliphatic heterocycles. The largest absolute Gasteiger partial charge is 0.335 e. The molecular formula is C20H23F3N4O. The maximum atomic E-state index is 13.4. The van der Waals surface area contributed by atoms with E-state index in [4.69, 9.17) is 0 Å². The third kappa shape index (κ3) is 3.72. The number of urea groups is 1. The third-order valence-electron chi connectivity index (χ3n) is 5.69. The Kier molecular flexibility index (Phi) is 4.81. The van der Waals surface area contributed by atoms with Gasteiger partial charge in [-0.3, -0.25) is 10.00 Å². The third-order valence-corrected chi connectivity index (χ3v) is 5.69. The molecule has 0 unspecified atom stereocenters. The van der Waals surface area contributed by atoms with Crippen LogP contribution in [0.3, 0.4) is 0 Å². The van der Waals surface area contributed by atoms with Crippen molar-refractivity contribution in [3.05, 3.63) is 35.6 Å². The summed E-state index contributed by atoms with van der Waals surface area (Å²) in [6, 6.07) is 5.12. The van der Waals surface area contributed by atoms with Gasteiger partial charge in [0.25, 0.3) is 0 Å². The van der Waals surface area contributed by atoms with Crippen LogP contribution in [0.5, 0.6) is 0 Å². The molecule has 8 heteroatoms. The van der Waals surface area contributed by atoms with E-state index in [1.165, 1.54) is 12.1 Å². The Hall–Kier alpha value is -2.51. The molecular weight excluding hydrogens is 369 g/mol. The predicted molar refractivity (Wildman–Crippen MR) is 99.9 cm³/mol. The molecule has 5 nitrogen and oxygen atoms in total. The molecule has 0 spiro atoms. The van der Waals surface area contributed by atoms with Crippen molar-refractivity contribution >= 4 is 11.8 Å². The van der Waals surface area contributed by atoms with Gasteiger partial charge in [-0.2, -0.15) is 5.10 Å². The van der Waals surface area contributed by atoms with E-state index in [9.17, 15) is 18.0 Å². The summed E-state index contributed by atoms with van der Waals surface area (Å²) in [5, 5.41) is 9.85. The van der Waals surface area contributed by atoms with E-state index >= 15 is 0 Å². The number of amides is 2. The fourth-order valence-corrected chi connectivity index (χ4v) is 4.07. The summed E-state index contributed by atoms with van der Waals surface area (Å²) < 4.78 is 41.7. The van der Waals surface area contributed by atoms with Gasteiger partial charge in [-0.1, -0.05) is 6.42 Å². The van der Waals surface area contributed by atoms with E-state index in [-0.39, 0.29) is 31.0 Å². The van der Waals surface area contributed by atoms with Crippen molar-refractivity contribution in [1.82, 2.24) is 15.1 Å². The zero-order valence-corrected chi connectivity index (χ0v) is 15.6. The summed E-state index contributed by atoms with van der Waals surface area (Å²) >= 11 is 0. The fraction of sp³-hybridized carbons (Fsp3) is 0.500. The van der Waals surface area contributed by atoms with E-state index in [0.29, 0.717) is 5.82 Å². The van der Waals surface area contributed by atoms with Crippen molar-refractivity contribution in [2.45, 2.75) is 56.4 Å². The highest BCUT2D eigenvalue weighted by Crippen LogP contribution is 2.44. The van der Waals surface area contributed by atoms with Gasteiger partial charge >= 0.3 is 6.03 Å². The summed E-state index contributed by atoms with van der Waals surface area (Å²) in [5.41, 5.74) is 2.59. The topological polar surface area (TPSA) is 59.0 Å². The highest BCUT2D eigenvalue weighted by Gasteiger charge is 2.40. The van der Waals surface area contributed by atoms with Gasteiger partial charge in [0.15, 0.2) is 5.82 Å². The van der Waals surface area contributed by atoms with Crippen LogP contribution in [0, 0.1) is 5.82 Å². The van der Waals surface area contributed by atoms with Crippen LogP contribution < -0.4 is 10.6 Å². The molecule has 2 aliphatic carbocycles. The second-order valence-electron chi connectivity index (χ2n) is 7.76. The summed E-state index contributed by atoms with van der Waals surface area (Å²) in [7, 11) is 1.78. The van der Waals surface area contributed by atoms with Crippen molar-refractivity contribution in [2.24, 2.45) is 7.05 Å². The maximum absolute atomic E-state index is 13.4. The number of rotatable bonds is 4. The van der Waals surface area contributed by atoms with E-state index in [1.54, 1.807) is 23.9 Å². The quantitative estimate of drug-likeness (QED) is 0.785. The van der Waals surface area contributed by atoms with Crippen LogP contribution >= 0.6 is 0 Å². The Morgan fingerprint density at radius 1 is 1.21 bits per heavy atom. The lowest BCUT2D eigenvalue weighted by Crippen LogP contribution is -2.37. The van der Waals surface area contributed by atoms with E-state index in [1.807, 2.05) is 0 Å². The number of aromatic nitrogens is 2. The van der Waals surface area contributed by atoms with Gasteiger partial charge in [0.05, 0.1) is 5.69 Å². The number of carbonyl (C=O) groups excluding carboxylic acids is 1. The Balaban J connectivity index is 1.57. The molecule has 2 aromatic rings. The Morgan fingerprint density at radius 3 is 2.50 bits per heavy atom. The molecule has 150 valence electrons. The summed E-state index contributed by atoms with van der Waals surface area (Å²) in [6.45, 7) is 0. The second kappa shape index (κ2) is 7.14. The first-order valence-corrected chi connectivity index (χ1v) is 9.60. The highest BCUT2D eigenvalue weighted by molar-refractivity contribution is 5.90. The van der Waals surface area contributed by atoms with Crippen molar-refractivity contribution < 1.29 is 18.0 Å². The molecule has 2 saturated carbocycles. The van der Waals surface area contributed by atoms with Crippen molar-refractivity contribution in [1.29, 1.82) is 0 Å². The molecule has 0 saturated heterocycles. The van der Waals surface area contributed by atoms with Crippen molar-refractivity contribution in [3.63, 3.8) is 0 Å². The molecule has 1 atom stereocenters. The van der Waals surface area contributed by atoms with E-state index in [0.717, 1.165) is 36.1 Å². The van der Waals surface area contributed by atoms with Crippen molar-refractivity contribution in [3.8, 4) is 11.3 Å². The van der Waals surface area contributed by atoms with Crippen LogP contribution in [0.2, 0.25) is 0 Å². The summed E-state index contributed by atoms with van der Waals surface area (Å²) in [4.78, 5) is 12.4. The minimum atomic E-state index is -2.71. The number of benzene rings is 1. The number of nitrogens with one attached hydrogen (secondary N) is 2. The Bertz CT molecular complexity index is 874. The lowest BCUT2D eigenvalue weighted by molar-refractivity contribution is 0.00736. The standard InChI is InChI=1S/C20H23F3N4O/c1-27-17(13-5-7-14(21)8-6-13)16(12-3-2-4-12)18(26-27)25-19(28)24-15-9-10-20(22,23)11-15/h5-8,12,15H,2-4,9-11H2,1H3,(H2,24,25,26,28)/t15-/m0/s1. The van der Waals surface area contributed by atoms with Crippen LogP contribution in [-0.4, -0.2) is 27.8 Å². The summed E-state index contributed by atoms with van der Waals surface area (Å²) in [6.07, 6.45) is 2.81.